The smallest absolute Gasteiger partial charge is 0.243 e. The molecule has 1 rings (SSSR count). The standard InChI is InChI=1S/C11H16N4O4/c1-7(18)14-10(2-8-3-12-6-13-8)11(19)15-9(4-16)5-17/h3-4,6,9-10,17H,2,5H2,1H3,(H,12,13)(H,14,18)(H,15,19)/t9-,10+/m1/s1. The van der Waals surface area contributed by atoms with Crippen LogP contribution in [0.1, 0.15) is 12.6 Å². The Kier molecular flexibility index (Phi) is 5.68. The fourth-order valence-electron chi connectivity index (χ4n) is 1.48. The maximum atomic E-state index is 11.9. The molecule has 0 radical (unpaired) electrons. The number of aliphatic hydroxyl groups is 1. The molecule has 0 spiro atoms. The Morgan fingerprint density at radius 3 is 2.74 bits per heavy atom. The van der Waals surface area contributed by atoms with E-state index in [1.807, 2.05) is 0 Å². The van der Waals surface area contributed by atoms with Crippen molar-refractivity contribution in [2.75, 3.05) is 6.61 Å². The number of hydrogen-bond acceptors (Lipinski definition) is 5. The van der Waals surface area contributed by atoms with Gasteiger partial charge in [0.1, 0.15) is 18.4 Å². The van der Waals surface area contributed by atoms with E-state index in [0.29, 0.717) is 12.0 Å². The molecular weight excluding hydrogens is 252 g/mol. The first-order chi connectivity index (χ1) is 9.06. The Morgan fingerprint density at radius 2 is 2.26 bits per heavy atom. The zero-order chi connectivity index (χ0) is 14.3. The third kappa shape index (κ3) is 4.88. The third-order valence-electron chi connectivity index (χ3n) is 2.36. The minimum absolute atomic E-state index is 0.211. The number of aromatic amines is 1. The number of nitrogens with zero attached hydrogens (tertiary/aromatic N) is 1. The van der Waals surface area contributed by atoms with Crippen LogP contribution in [0.3, 0.4) is 0 Å². The molecule has 1 aromatic heterocycles. The van der Waals surface area contributed by atoms with E-state index in [-0.39, 0.29) is 12.3 Å². The summed E-state index contributed by atoms with van der Waals surface area (Å²) in [6, 6.07) is -1.82. The van der Waals surface area contributed by atoms with E-state index in [9.17, 15) is 14.4 Å². The molecule has 4 N–H and O–H groups in total. The fraction of sp³-hybridized carbons (Fsp3) is 0.455. The van der Waals surface area contributed by atoms with E-state index in [1.165, 1.54) is 19.4 Å². The molecule has 8 heteroatoms. The molecule has 0 aliphatic carbocycles. The zero-order valence-corrected chi connectivity index (χ0v) is 10.4. The number of amides is 2. The van der Waals surface area contributed by atoms with Crippen molar-refractivity contribution in [3.05, 3.63) is 18.2 Å². The molecule has 0 aromatic carbocycles. The first-order valence-electron chi connectivity index (χ1n) is 5.67. The summed E-state index contributed by atoms with van der Waals surface area (Å²) >= 11 is 0. The van der Waals surface area contributed by atoms with E-state index in [0.717, 1.165) is 0 Å². The second kappa shape index (κ2) is 7.27. The highest BCUT2D eigenvalue weighted by Crippen LogP contribution is 1.99. The highest BCUT2D eigenvalue weighted by Gasteiger charge is 2.22. The predicted molar refractivity (Wildman–Crippen MR) is 65.0 cm³/mol. The number of aldehydes is 1. The number of aliphatic hydroxyl groups excluding tert-OH is 1. The van der Waals surface area contributed by atoms with E-state index in [2.05, 4.69) is 20.6 Å². The third-order valence-corrected chi connectivity index (χ3v) is 2.36. The lowest BCUT2D eigenvalue weighted by atomic mass is 10.1. The number of carbonyl (C=O) groups excluding carboxylic acids is 3. The molecule has 104 valence electrons. The number of carbonyl (C=O) groups is 3. The second-order valence-corrected chi connectivity index (χ2v) is 3.97. The van der Waals surface area contributed by atoms with E-state index < -0.39 is 24.6 Å². The van der Waals surface area contributed by atoms with Gasteiger partial charge in [-0.05, 0) is 0 Å². The van der Waals surface area contributed by atoms with E-state index in [4.69, 9.17) is 5.11 Å². The van der Waals surface area contributed by atoms with Crippen LogP contribution in [0.5, 0.6) is 0 Å². The van der Waals surface area contributed by atoms with Crippen molar-refractivity contribution in [1.29, 1.82) is 0 Å². The lowest BCUT2D eigenvalue weighted by Crippen LogP contribution is -2.51. The van der Waals surface area contributed by atoms with Gasteiger partial charge in [0, 0.05) is 25.2 Å². The highest BCUT2D eigenvalue weighted by molar-refractivity contribution is 5.88. The van der Waals surface area contributed by atoms with Crippen molar-refractivity contribution in [1.82, 2.24) is 20.6 Å². The molecule has 1 heterocycles. The summed E-state index contributed by atoms with van der Waals surface area (Å²) in [6.45, 7) is 0.794. The highest BCUT2D eigenvalue weighted by atomic mass is 16.3. The molecular formula is C11H16N4O4. The average Bonchev–Trinajstić information content (AvgIpc) is 2.87. The maximum absolute atomic E-state index is 11.9. The molecule has 1 aromatic rings. The topological polar surface area (TPSA) is 124 Å². The van der Waals surface area contributed by atoms with E-state index >= 15 is 0 Å². The van der Waals surface area contributed by atoms with Crippen molar-refractivity contribution < 1.29 is 19.5 Å². The van der Waals surface area contributed by atoms with Gasteiger partial charge in [0.2, 0.25) is 11.8 Å². The molecule has 0 saturated carbocycles. The van der Waals surface area contributed by atoms with Crippen molar-refractivity contribution >= 4 is 18.1 Å². The summed E-state index contributed by atoms with van der Waals surface area (Å²) in [7, 11) is 0. The van der Waals surface area contributed by atoms with Crippen LogP contribution < -0.4 is 10.6 Å². The van der Waals surface area contributed by atoms with E-state index in [1.54, 1.807) is 0 Å². The first-order valence-corrected chi connectivity index (χ1v) is 5.67. The summed E-state index contributed by atoms with van der Waals surface area (Å²) < 4.78 is 0. The summed E-state index contributed by atoms with van der Waals surface area (Å²) in [5.41, 5.74) is 0.667. The van der Waals surface area contributed by atoms with Gasteiger partial charge in [0.15, 0.2) is 0 Å². The lowest BCUT2D eigenvalue weighted by molar-refractivity contribution is -0.129. The largest absolute Gasteiger partial charge is 0.394 e. The summed E-state index contributed by atoms with van der Waals surface area (Å²) in [4.78, 5) is 40.2. The Labute approximate surface area is 109 Å². The molecule has 0 fully saturated rings. The fourth-order valence-corrected chi connectivity index (χ4v) is 1.48. The quantitative estimate of drug-likeness (QED) is 0.431. The van der Waals surface area contributed by atoms with Crippen LogP contribution in [-0.4, -0.2) is 51.9 Å². The Bertz CT molecular complexity index is 432. The molecule has 0 bridgehead atoms. The van der Waals surface area contributed by atoms with Crippen molar-refractivity contribution in [3.8, 4) is 0 Å². The van der Waals surface area contributed by atoms with Crippen LogP contribution in [0.15, 0.2) is 12.5 Å². The normalized spacial score (nSPS) is 13.4. The van der Waals surface area contributed by atoms with Gasteiger partial charge in [0.25, 0.3) is 0 Å². The van der Waals surface area contributed by atoms with Crippen molar-refractivity contribution in [2.24, 2.45) is 0 Å². The molecule has 2 amide bonds. The number of H-pyrrole nitrogens is 1. The van der Waals surface area contributed by atoms with Gasteiger partial charge < -0.3 is 25.5 Å². The number of aromatic nitrogens is 2. The minimum Gasteiger partial charge on any atom is -0.394 e. The predicted octanol–water partition coefficient (Wildman–Crippen LogP) is -1.87. The molecule has 2 atom stereocenters. The van der Waals surface area contributed by atoms with Crippen LogP contribution in [0.2, 0.25) is 0 Å². The Morgan fingerprint density at radius 1 is 1.53 bits per heavy atom. The minimum atomic E-state index is -0.981. The average molecular weight is 268 g/mol. The number of hydrogen-bond donors (Lipinski definition) is 4. The summed E-state index contributed by atoms with van der Waals surface area (Å²) in [5, 5.41) is 13.6. The van der Waals surface area contributed by atoms with Gasteiger partial charge in [-0.15, -0.1) is 0 Å². The van der Waals surface area contributed by atoms with Gasteiger partial charge in [-0.25, -0.2) is 4.98 Å². The first kappa shape index (κ1) is 14.8. The van der Waals surface area contributed by atoms with Gasteiger partial charge in [-0.3, -0.25) is 9.59 Å². The maximum Gasteiger partial charge on any atom is 0.243 e. The van der Waals surface area contributed by atoms with Gasteiger partial charge in [0.05, 0.1) is 12.9 Å². The van der Waals surface area contributed by atoms with Crippen LogP contribution in [0, 0.1) is 0 Å². The zero-order valence-electron chi connectivity index (χ0n) is 10.4. The van der Waals surface area contributed by atoms with Gasteiger partial charge in [-0.1, -0.05) is 0 Å². The van der Waals surface area contributed by atoms with Crippen molar-refractivity contribution in [3.63, 3.8) is 0 Å². The van der Waals surface area contributed by atoms with Crippen LogP contribution in [-0.2, 0) is 20.8 Å². The van der Waals surface area contributed by atoms with Crippen molar-refractivity contribution in [2.45, 2.75) is 25.4 Å². The lowest BCUT2D eigenvalue weighted by Gasteiger charge is -2.18. The monoisotopic (exact) mass is 268 g/mol. The van der Waals surface area contributed by atoms with Crippen LogP contribution in [0.25, 0.3) is 0 Å². The van der Waals surface area contributed by atoms with Crippen LogP contribution >= 0.6 is 0 Å². The Balaban J connectivity index is 2.69. The van der Waals surface area contributed by atoms with Crippen LogP contribution in [0.4, 0.5) is 0 Å². The molecule has 0 aliphatic heterocycles. The molecule has 0 unspecified atom stereocenters. The number of nitrogens with one attached hydrogen (secondary N) is 3. The molecule has 8 nitrogen and oxygen atoms in total. The molecule has 0 saturated heterocycles. The molecule has 19 heavy (non-hydrogen) atoms. The Hall–Kier alpha value is -2.22. The molecule has 0 aliphatic rings. The summed E-state index contributed by atoms with van der Waals surface area (Å²) in [5.74, 6) is -0.915. The SMILES string of the molecule is CC(=O)N[C@@H](Cc1cnc[nH]1)C(=O)N[C@H](C=O)CO. The second-order valence-electron chi connectivity index (χ2n) is 3.97. The number of imidazole rings is 1. The van der Waals surface area contributed by atoms with Gasteiger partial charge in [-0.2, -0.15) is 0 Å². The van der Waals surface area contributed by atoms with Gasteiger partial charge >= 0.3 is 0 Å². The number of rotatable bonds is 7. The summed E-state index contributed by atoms with van der Waals surface area (Å²) in [6.07, 6.45) is 3.63.